The molecule has 4 aromatic rings. The molecule has 6 rings (SSSR count). The second kappa shape index (κ2) is 11.5. The summed E-state index contributed by atoms with van der Waals surface area (Å²) in [6.07, 6.45) is 8.39. The van der Waals surface area contributed by atoms with Gasteiger partial charge in [-0.2, -0.15) is 18.3 Å². The first kappa shape index (κ1) is 25.6. The first-order chi connectivity index (χ1) is 17.3. The molecule has 0 aromatic carbocycles. The Morgan fingerprint density at radius 3 is 2.22 bits per heavy atom. The van der Waals surface area contributed by atoms with Crippen LogP contribution in [0.3, 0.4) is 0 Å². The lowest BCUT2D eigenvalue weighted by molar-refractivity contribution is -0.141. The summed E-state index contributed by atoms with van der Waals surface area (Å²) in [6.45, 7) is 5.60. The number of ether oxygens (including phenoxy) is 1. The van der Waals surface area contributed by atoms with Crippen LogP contribution in [0.15, 0.2) is 43.1 Å². The molecule has 36 heavy (non-hydrogen) atoms. The largest absolute Gasteiger partial charge is 0.433 e. The van der Waals surface area contributed by atoms with Gasteiger partial charge >= 0.3 is 6.18 Å². The number of hydrogen-bond acceptors (Lipinski definition) is 7. The third-order valence-corrected chi connectivity index (χ3v) is 5.73. The predicted octanol–water partition coefficient (Wildman–Crippen LogP) is 5.52. The molecule has 190 valence electrons. The van der Waals surface area contributed by atoms with Crippen LogP contribution in [0.5, 0.6) is 0 Å². The third-order valence-electron chi connectivity index (χ3n) is 5.73. The Hall–Kier alpha value is -3.47. The summed E-state index contributed by atoms with van der Waals surface area (Å²) in [4.78, 5) is 20.3. The molecule has 4 aromatic heterocycles. The van der Waals surface area contributed by atoms with Gasteiger partial charge in [-0.1, -0.05) is 0 Å². The van der Waals surface area contributed by atoms with Crippen LogP contribution in [0.25, 0.3) is 22.4 Å². The second-order valence-electron chi connectivity index (χ2n) is 8.61. The monoisotopic (exact) mass is 499 g/mol. The van der Waals surface area contributed by atoms with Crippen molar-refractivity contribution in [3.05, 3.63) is 60.2 Å². The summed E-state index contributed by atoms with van der Waals surface area (Å²) in [7, 11) is 0. The molecular weight excluding hydrogens is 471 g/mol. The molecule has 1 saturated carbocycles. The van der Waals surface area contributed by atoms with Crippen LogP contribution < -0.4 is 0 Å². The van der Waals surface area contributed by atoms with Gasteiger partial charge < -0.3 is 4.74 Å². The van der Waals surface area contributed by atoms with Crippen LogP contribution in [0.1, 0.15) is 55.2 Å². The number of aromatic nitrogens is 7. The van der Waals surface area contributed by atoms with Crippen LogP contribution in [-0.4, -0.2) is 47.9 Å². The highest BCUT2D eigenvalue weighted by Gasteiger charge is 2.32. The maximum Gasteiger partial charge on any atom is 0.433 e. The average Bonchev–Trinajstić information content (AvgIpc) is 3.59. The summed E-state index contributed by atoms with van der Waals surface area (Å²) < 4.78 is 44.8. The van der Waals surface area contributed by atoms with Crippen molar-refractivity contribution >= 4 is 11.2 Å². The van der Waals surface area contributed by atoms with Crippen molar-refractivity contribution in [1.29, 1.82) is 0 Å². The molecule has 1 saturated heterocycles. The molecule has 2 fully saturated rings. The van der Waals surface area contributed by atoms with Crippen LogP contribution in [0, 0.1) is 13.8 Å². The Balaban J connectivity index is 0.000000174. The standard InChI is InChI=1S/C14H10F3N5.C6H8N2.C5H10O/c1-7-8(2)22-13-12(21-7)11(19-6-20-13)9-3-4-10(18-5-9)14(15,16)17;1-4-7-8(5-1)6-2-3-6;1-2-4-6-5-3-1/h3-6H,1-2H3;1,4-6H,2-3H2;1-5H2. The lowest BCUT2D eigenvalue weighted by atomic mass is 10.1. The van der Waals surface area contributed by atoms with Gasteiger partial charge in [0.1, 0.15) is 23.2 Å². The van der Waals surface area contributed by atoms with E-state index < -0.39 is 11.9 Å². The molecule has 1 aliphatic heterocycles. The Morgan fingerprint density at radius 2 is 1.69 bits per heavy atom. The van der Waals surface area contributed by atoms with E-state index in [0.29, 0.717) is 28.1 Å². The number of alkyl halides is 3. The number of fused-ring (bicyclic) bond motifs is 1. The highest BCUT2D eigenvalue weighted by Crippen LogP contribution is 2.33. The molecule has 0 amide bonds. The van der Waals surface area contributed by atoms with Crippen molar-refractivity contribution in [2.24, 2.45) is 0 Å². The normalized spacial score (nSPS) is 15.5. The minimum Gasteiger partial charge on any atom is -0.381 e. The Morgan fingerprint density at radius 1 is 0.944 bits per heavy atom. The molecule has 0 bridgehead atoms. The van der Waals surface area contributed by atoms with E-state index >= 15 is 0 Å². The highest BCUT2D eigenvalue weighted by molar-refractivity contribution is 5.86. The van der Waals surface area contributed by atoms with E-state index in [9.17, 15) is 13.2 Å². The maximum atomic E-state index is 12.6. The molecular formula is C25H28F3N7O. The smallest absolute Gasteiger partial charge is 0.381 e. The summed E-state index contributed by atoms with van der Waals surface area (Å²) in [5, 5.41) is 4.09. The number of halogens is 3. The number of rotatable bonds is 2. The first-order valence-corrected chi connectivity index (χ1v) is 11.9. The van der Waals surface area contributed by atoms with E-state index in [4.69, 9.17) is 4.74 Å². The van der Waals surface area contributed by atoms with Gasteiger partial charge in [-0.05, 0) is 64.2 Å². The van der Waals surface area contributed by atoms with Crippen LogP contribution in [0.4, 0.5) is 13.2 Å². The van der Waals surface area contributed by atoms with Crippen molar-refractivity contribution < 1.29 is 17.9 Å². The van der Waals surface area contributed by atoms with Crippen LogP contribution >= 0.6 is 0 Å². The van der Waals surface area contributed by atoms with E-state index in [-0.39, 0.29) is 0 Å². The Bertz CT molecular complexity index is 1240. The zero-order valence-electron chi connectivity index (χ0n) is 20.2. The molecule has 0 unspecified atom stereocenters. The van der Waals surface area contributed by atoms with Crippen molar-refractivity contribution in [3.63, 3.8) is 0 Å². The van der Waals surface area contributed by atoms with Gasteiger partial charge in [0.2, 0.25) is 0 Å². The molecule has 0 N–H and O–H groups in total. The first-order valence-electron chi connectivity index (χ1n) is 11.9. The molecule has 5 heterocycles. The van der Waals surface area contributed by atoms with Gasteiger partial charge in [0.15, 0.2) is 5.65 Å². The van der Waals surface area contributed by atoms with E-state index in [2.05, 4.69) is 30.0 Å². The fraction of sp³-hybridized carbons (Fsp3) is 0.440. The Kier molecular flexibility index (Phi) is 8.19. The molecule has 11 heteroatoms. The van der Waals surface area contributed by atoms with Crippen molar-refractivity contribution in [1.82, 2.24) is 34.7 Å². The molecule has 0 spiro atoms. The summed E-state index contributed by atoms with van der Waals surface area (Å²) in [5.41, 5.74) is 2.17. The number of aryl methyl sites for hydroxylation is 2. The van der Waals surface area contributed by atoms with Crippen molar-refractivity contribution in [2.75, 3.05) is 13.2 Å². The van der Waals surface area contributed by atoms with Gasteiger partial charge in [0.05, 0.1) is 17.4 Å². The maximum absolute atomic E-state index is 12.6. The van der Waals surface area contributed by atoms with E-state index in [1.54, 1.807) is 6.92 Å². The molecule has 0 atom stereocenters. The molecule has 0 radical (unpaired) electrons. The second-order valence-corrected chi connectivity index (χ2v) is 8.61. The minimum absolute atomic E-state index is 0.396. The summed E-state index contributed by atoms with van der Waals surface area (Å²) in [5.74, 6) is 0. The van der Waals surface area contributed by atoms with E-state index in [0.717, 1.165) is 37.2 Å². The fourth-order valence-corrected chi connectivity index (χ4v) is 3.48. The number of nitrogens with zero attached hydrogens (tertiary/aromatic N) is 7. The Labute approximate surface area is 207 Å². The zero-order chi connectivity index (χ0) is 25.5. The SMILES string of the molecule is C1CCOCC1.Cc1nc2ncnc(-c3ccc(C(F)(F)F)nc3)c2nc1C.c1cnn(C2CC2)c1. The lowest BCUT2D eigenvalue weighted by Gasteiger charge is -2.08. The van der Waals surface area contributed by atoms with E-state index in [1.807, 2.05) is 30.1 Å². The highest BCUT2D eigenvalue weighted by atomic mass is 19.4. The van der Waals surface area contributed by atoms with Crippen molar-refractivity contribution in [3.8, 4) is 11.3 Å². The summed E-state index contributed by atoms with van der Waals surface area (Å²) in [6, 6.07) is 4.94. The minimum atomic E-state index is -4.47. The van der Waals surface area contributed by atoms with Gasteiger partial charge in [0.25, 0.3) is 0 Å². The predicted molar refractivity (Wildman–Crippen MR) is 128 cm³/mol. The molecule has 1 aliphatic carbocycles. The summed E-state index contributed by atoms with van der Waals surface area (Å²) >= 11 is 0. The van der Waals surface area contributed by atoms with Gasteiger partial charge in [-0.15, -0.1) is 0 Å². The van der Waals surface area contributed by atoms with Crippen molar-refractivity contribution in [2.45, 2.75) is 58.2 Å². The topological polar surface area (TPSA) is 91.5 Å². The average molecular weight is 500 g/mol. The van der Waals surface area contributed by atoms with E-state index in [1.165, 1.54) is 44.5 Å². The van der Waals surface area contributed by atoms with Gasteiger partial charge in [-0.3, -0.25) is 9.67 Å². The third kappa shape index (κ3) is 6.81. The van der Waals surface area contributed by atoms with Gasteiger partial charge in [0, 0.05) is 37.4 Å². The van der Waals surface area contributed by atoms with Crippen LogP contribution in [0.2, 0.25) is 0 Å². The molecule has 8 nitrogen and oxygen atoms in total. The number of pyridine rings is 1. The van der Waals surface area contributed by atoms with Crippen LogP contribution in [-0.2, 0) is 10.9 Å². The number of hydrogen-bond donors (Lipinski definition) is 0. The lowest BCUT2D eigenvalue weighted by Crippen LogP contribution is -2.07. The fourth-order valence-electron chi connectivity index (χ4n) is 3.48. The zero-order valence-corrected chi connectivity index (χ0v) is 20.2. The quantitative estimate of drug-likeness (QED) is 0.358. The molecule has 2 aliphatic rings. The van der Waals surface area contributed by atoms with Gasteiger partial charge in [-0.25, -0.2) is 19.9 Å².